The third-order valence-corrected chi connectivity index (χ3v) is 4.25. The molecule has 1 saturated carbocycles. The van der Waals surface area contributed by atoms with Gasteiger partial charge in [-0.05, 0) is 31.6 Å². The lowest BCUT2D eigenvalue weighted by Crippen LogP contribution is -2.67. The molecule has 0 bridgehead atoms. The van der Waals surface area contributed by atoms with Gasteiger partial charge in [-0.15, -0.1) is 0 Å². The van der Waals surface area contributed by atoms with Gasteiger partial charge < -0.3 is 15.1 Å². The van der Waals surface area contributed by atoms with Gasteiger partial charge in [0.05, 0.1) is 12.0 Å². The number of amides is 1. The Bertz CT molecular complexity index is 333. The van der Waals surface area contributed by atoms with Crippen LogP contribution >= 0.6 is 0 Å². The molecule has 2 N–H and O–H groups in total. The Hall–Kier alpha value is -1.10. The number of carbonyl (C=O) groups excluding carboxylic acids is 1. The molecule has 1 atom stereocenters. The van der Waals surface area contributed by atoms with Crippen molar-refractivity contribution in [1.29, 1.82) is 0 Å². The third kappa shape index (κ3) is 1.92. The summed E-state index contributed by atoms with van der Waals surface area (Å²) in [6.45, 7) is 2.17. The average molecular weight is 241 g/mol. The van der Waals surface area contributed by atoms with Gasteiger partial charge in [-0.25, -0.2) is 4.79 Å². The van der Waals surface area contributed by atoms with Gasteiger partial charge in [0.2, 0.25) is 5.91 Å². The Morgan fingerprint density at radius 1 is 1.53 bits per heavy atom. The zero-order chi connectivity index (χ0) is 12.6. The number of β-lactam (4-membered cyclic amide) rings is 1. The van der Waals surface area contributed by atoms with Crippen LogP contribution in [0.2, 0.25) is 0 Å². The van der Waals surface area contributed by atoms with Gasteiger partial charge in [0, 0.05) is 6.54 Å². The number of rotatable bonds is 3. The van der Waals surface area contributed by atoms with Crippen LogP contribution in [-0.2, 0) is 9.59 Å². The lowest BCUT2D eigenvalue weighted by molar-refractivity contribution is -0.177. The second-order valence-corrected chi connectivity index (χ2v) is 5.43. The number of likely N-dealkylation sites (tertiary alicyclic amines) is 1. The van der Waals surface area contributed by atoms with Crippen molar-refractivity contribution >= 4 is 11.9 Å². The highest BCUT2D eigenvalue weighted by Crippen LogP contribution is 2.47. The molecule has 2 aliphatic rings. The van der Waals surface area contributed by atoms with Crippen molar-refractivity contribution in [3.05, 3.63) is 0 Å². The van der Waals surface area contributed by atoms with Gasteiger partial charge in [-0.2, -0.15) is 0 Å². The van der Waals surface area contributed by atoms with E-state index in [0.29, 0.717) is 12.5 Å². The zero-order valence-corrected chi connectivity index (χ0v) is 10.1. The molecule has 0 radical (unpaired) electrons. The number of aliphatic hydroxyl groups excluding tert-OH is 1. The molecular formula is C12H19NO4. The van der Waals surface area contributed by atoms with Crippen molar-refractivity contribution in [3.63, 3.8) is 0 Å². The predicted octanol–water partition coefficient (Wildman–Crippen LogP) is 0.471. The van der Waals surface area contributed by atoms with Gasteiger partial charge in [0.25, 0.3) is 0 Å². The van der Waals surface area contributed by atoms with Gasteiger partial charge in [0.1, 0.15) is 0 Å². The number of nitrogens with zero attached hydrogens (tertiary/aromatic N) is 1. The maximum atomic E-state index is 12.1. The van der Waals surface area contributed by atoms with Crippen LogP contribution in [0.3, 0.4) is 0 Å². The molecule has 1 amide bonds. The normalized spacial score (nSPS) is 34.6. The first-order valence-electron chi connectivity index (χ1n) is 6.15. The van der Waals surface area contributed by atoms with Gasteiger partial charge in [-0.1, -0.05) is 6.92 Å². The van der Waals surface area contributed by atoms with E-state index in [4.69, 9.17) is 10.2 Å². The Morgan fingerprint density at radius 3 is 2.53 bits per heavy atom. The lowest BCUT2D eigenvalue weighted by atomic mass is 9.65. The molecule has 5 nitrogen and oxygen atoms in total. The smallest absolute Gasteiger partial charge is 0.328 e. The lowest BCUT2D eigenvalue weighted by Gasteiger charge is -2.53. The van der Waals surface area contributed by atoms with Crippen LogP contribution in [0.1, 0.15) is 32.6 Å². The summed E-state index contributed by atoms with van der Waals surface area (Å²) in [6, 6.07) is -1.06. The minimum absolute atomic E-state index is 0.0779. The van der Waals surface area contributed by atoms with Crippen LogP contribution in [0.4, 0.5) is 0 Å². The third-order valence-electron chi connectivity index (χ3n) is 4.25. The maximum absolute atomic E-state index is 12.1. The highest BCUT2D eigenvalue weighted by Gasteiger charge is 2.55. The van der Waals surface area contributed by atoms with Crippen molar-refractivity contribution < 1.29 is 19.8 Å². The molecule has 17 heavy (non-hydrogen) atoms. The van der Waals surface area contributed by atoms with Crippen molar-refractivity contribution in [2.24, 2.45) is 11.3 Å². The van der Waals surface area contributed by atoms with E-state index in [1.165, 1.54) is 4.90 Å². The minimum atomic E-state index is -1.13. The van der Waals surface area contributed by atoms with Crippen molar-refractivity contribution in [2.45, 2.75) is 38.6 Å². The second kappa shape index (κ2) is 4.29. The molecule has 1 saturated heterocycles. The number of aliphatic carboxylic acids is 1. The van der Waals surface area contributed by atoms with E-state index in [-0.39, 0.29) is 11.3 Å². The first-order chi connectivity index (χ1) is 8.00. The van der Waals surface area contributed by atoms with E-state index >= 15 is 0 Å². The Morgan fingerprint density at radius 2 is 2.12 bits per heavy atom. The van der Waals surface area contributed by atoms with E-state index < -0.39 is 18.6 Å². The number of aliphatic hydroxyl groups is 1. The quantitative estimate of drug-likeness (QED) is 0.704. The fourth-order valence-electron chi connectivity index (χ4n) is 2.93. The van der Waals surface area contributed by atoms with Gasteiger partial charge >= 0.3 is 5.97 Å². The summed E-state index contributed by atoms with van der Waals surface area (Å²) in [6.07, 6.45) is 3.80. The van der Waals surface area contributed by atoms with Crippen LogP contribution in [-0.4, -0.2) is 46.2 Å². The molecule has 96 valence electrons. The van der Waals surface area contributed by atoms with Gasteiger partial charge in [0.15, 0.2) is 6.04 Å². The summed E-state index contributed by atoms with van der Waals surface area (Å²) < 4.78 is 0. The van der Waals surface area contributed by atoms with E-state index in [9.17, 15) is 9.59 Å². The first kappa shape index (κ1) is 12.4. The molecule has 0 aromatic heterocycles. The van der Waals surface area contributed by atoms with Crippen LogP contribution in [0.15, 0.2) is 0 Å². The fraction of sp³-hybridized carbons (Fsp3) is 0.833. The first-order valence-corrected chi connectivity index (χ1v) is 6.15. The van der Waals surface area contributed by atoms with E-state index in [0.717, 1.165) is 25.7 Å². The highest BCUT2D eigenvalue weighted by molar-refractivity contribution is 5.92. The fourth-order valence-corrected chi connectivity index (χ4v) is 2.93. The molecule has 1 heterocycles. The highest BCUT2D eigenvalue weighted by atomic mass is 16.4. The molecule has 0 aromatic rings. The average Bonchev–Trinajstić information content (AvgIpc) is 2.30. The van der Waals surface area contributed by atoms with E-state index in [1.54, 1.807) is 0 Å². The zero-order valence-electron chi connectivity index (χ0n) is 10.1. The van der Waals surface area contributed by atoms with E-state index in [1.807, 2.05) is 0 Å². The molecule has 1 aliphatic carbocycles. The Kier molecular flexibility index (Phi) is 3.12. The van der Waals surface area contributed by atoms with Crippen molar-refractivity contribution in [1.82, 2.24) is 4.90 Å². The molecule has 1 aliphatic heterocycles. The van der Waals surface area contributed by atoms with Gasteiger partial charge in [-0.3, -0.25) is 4.79 Å². The number of carboxylic acids is 1. The molecule has 0 unspecified atom stereocenters. The maximum Gasteiger partial charge on any atom is 0.328 e. The van der Waals surface area contributed by atoms with Crippen molar-refractivity contribution in [2.75, 3.05) is 13.2 Å². The molecule has 1 spiro atoms. The number of hydrogen-bond acceptors (Lipinski definition) is 3. The van der Waals surface area contributed by atoms with Crippen LogP contribution in [0.25, 0.3) is 0 Å². The predicted molar refractivity (Wildman–Crippen MR) is 60.3 cm³/mol. The monoisotopic (exact) mass is 241 g/mol. The SMILES string of the molecule is CC1CCC2(CC1)CN([C@H](CO)C(=O)O)C2=O. The summed E-state index contributed by atoms with van der Waals surface area (Å²) in [5, 5.41) is 17.9. The van der Waals surface area contributed by atoms with Crippen LogP contribution in [0, 0.1) is 11.3 Å². The summed E-state index contributed by atoms with van der Waals surface area (Å²) in [7, 11) is 0. The Labute approximate surface area is 100 Å². The largest absolute Gasteiger partial charge is 0.480 e. The summed E-state index contributed by atoms with van der Waals surface area (Å²) >= 11 is 0. The summed E-state index contributed by atoms with van der Waals surface area (Å²) in [5.41, 5.74) is -0.310. The Balaban J connectivity index is 2.01. The van der Waals surface area contributed by atoms with E-state index in [2.05, 4.69) is 6.92 Å². The number of hydrogen-bond donors (Lipinski definition) is 2. The molecule has 2 fully saturated rings. The van der Waals surface area contributed by atoms with Crippen molar-refractivity contribution in [3.8, 4) is 0 Å². The molecule has 2 rings (SSSR count). The molecule has 5 heteroatoms. The summed E-state index contributed by atoms with van der Waals surface area (Å²) in [4.78, 5) is 24.3. The second-order valence-electron chi connectivity index (χ2n) is 5.43. The standard InChI is InChI=1S/C12H19NO4/c1-8-2-4-12(5-3-8)7-13(11(12)17)9(6-14)10(15)16/h8-9,14H,2-7H2,1H3,(H,15,16)/t8?,9-,12?/m1/s1. The van der Waals surface area contributed by atoms with Crippen LogP contribution < -0.4 is 0 Å². The topological polar surface area (TPSA) is 77.8 Å². The van der Waals surface area contributed by atoms with Crippen LogP contribution in [0.5, 0.6) is 0 Å². The minimum Gasteiger partial charge on any atom is -0.480 e. The molecule has 0 aromatic carbocycles. The number of carbonyl (C=O) groups is 2. The number of carboxylic acid groups (broad SMARTS) is 1. The summed E-state index contributed by atoms with van der Waals surface area (Å²) in [5.74, 6) is -0.540. The molecular weight excluding hydrogens is 222 g/mol.